The van der Waals surface area contributed by atoms with E-state index in [1.165, 1.54) is 48.8 Å². The highest BCUT2D eigenvalue weighted by molar-refractivity contribution is 6.18. The van der Waals surface area contributed by atoms with Gasteiger partial charge in [-0.05, 0) is 96.9 Å². The molecule has 0 aliphatic carbocycles. The summed E-state index contributed by atoms with van der Waals surface area (Å²) >= 11 is 0. The van der Waals surface area contributed by atoms with Crippen LogP contribution in [0.2, 0.25) is 0 Å². The van der Waals surface area contributed by atoms with Gasteiger partial charge in [0, 0.05) is 46.1 Å². The van der Waals surface area contributed by atoms with Crippen LogP contribution in [0.3, 0.4) is 0 Å². The van der Waals surface area contributed by atoms with Crippen molar-refractivity contribution in [3.05, 3.63) is 176 Å². The van der Waals surface area contributed by atoms with E-state index in [0.717, 1.165) is 49.9 Å². The van der Waals surface area contributed by atoms with Crippen molar-refractivity contribution in [3.63, 3.8) is 0 Å². The molecule has 3 heteroatoms. The van der Waals surface area contributed by atoms with Gasteiger partial charge in [0.05, 0.1) is 16.9 Å². The quantitative estimate of drug-likeness (QED) is 0.181. The van der Waals surface area contributed by atoms with Gasteiger partial charge in [-0.15, -0.1) is 0 Å². The number of hydrogen-bond acceptors (Lipinski definition) is 3. The maximum absolute atomic E-state index is 5.54. The van der Waals surface area contributed by atoms with Crippen LogP contribution >= 0.6 is 0 Å². The van der Waals surface area contributed by atoms with Crippen molar-refractivity contribution >= 4 is 54.0 Å². The van der Waals surface area contributed by atoms with Gasteiger partial charge in [-0.1, -0.05) is 115 Å². The molecule has 0 unspecified atom stereocenters. The lowest BCUT2D eigenvalue weighted by atomic mass is 9.89. The Morgan fingerprint density at radius 1 is 0.340 bits per heavy atom. The Balaban J connectivity index is 1.29. The fraction of sp³-hybridized carbons (Fsp3) is 0. The van der Waals surface area contributed by atoms with Crippen LogP contribution in [-0.2, 0) is 0 Å². The number of nitrogens with zero attached hydrogens (tertiary/aromatic N) is 3. The molecule has 3 heterocycles. The van der Waals surface area contributed by atoms with E-state index < -0.39 is 0 Å². The number of pyridine rings is 3. The minimum atomic E-state index is 0.892. The first-order valence-electron chi connectivity index (χ1n) is 16.9. The third-order valence-corrected chi connectivity index (χ3v) is 9.96. The largest absolute Gasteiger partial charge is 0.264 e. The zero-order valence-corrected chi connectivity index (χ0v) is 27.1. The number of rotatable bonds is 4. The summed E-state index contributed by atoms with van der Waals surface area (Å²) in [6.45, 7) is 0. The molecule has 0 fully saturated rings. The lowest BCUT2D eigenvalue weighted by Gasteiger charge is -2.17. The molecule has 7 aromatic carbocycles. The minimum absolute atomic E-state index is 0.892. The van der Waals surface area contributed by atoms with Gasteiger partial charge in [-0.2, -0.15) is 0 Å². The van der Waals surface area contributed by atoms with E-state index in [-0.39, 0.29) is 0 Å². The fourth-order valence-electron chi connectivity index (χ4n) is 7.53. The monoisotopic (exact) mass is 635 g/mol. The Morgan fingerprint density at radius 2 is 1.02 bits per heavy atom. The maximum atomic E-state index is 5.54. The summed E-state index contributed by atoms with van der Waals surface area (Å²) in [6.07, 6.45) is 5.63. The molecule has 0 spiro atoms. The first kappa shape index (κ1) is 28.3. The summed E-state index contributed by atoms with van der Waals surface area (Å²) in [5.74, 6) is 0. The van der Waals surface area contributed by atoms with Crippen molar-refractivity contribution < 1.29 is 0 Å². The Labute approximate surface area is 289 Å². The van der Waals surface area contributed by atoms with E-state index >= 15 is 0 Å². The molecule has 0 N–H and O–H groups in total. The van der Waals surface area contributed by atoms with Crippen molar-refractivity contribution in [2.75, 3.05) is 0 Å². The van der Waals surface area contributed by atoms with Crippen LogP contribution in [0.4, 0.5) is 0 Å². The normalized spacial score (nSPS) is 11.6. The zero-order chi connectivity index (χ0) is 33.0. The standard InChI is InChI=1S/C47H29N3/c1-2-11-31-24-33(20-19-30(31)10-1)41-26-44-42(34-21-22-45(49-29-34)35-13-9-23-48-28-35)27-46(50-47(44)40-18-8-7-17-39(40)41)43-25-32-12-3-4-14-36(32)37-15-5-6-16-38(37)43/h1-29H. The Bertz CT molecular complexity index is 2910. The van der Waals surface area contributed by atoms with Crippen LogP contribution in [-0.4, -0.2) is 15.0 Å². The third-order valence-electron chi connectivity index (χ3n) is 9.96. The minimum Gasteiger partial charge on any atom is -0.264 e. The smallest absolute Gasteiger partial charge is 0.0794 e. The predicted molar refractivity (Wildman–Crippen MR) is 209 cm³/mol. The highest BCUT2D eigenvalue weighted by Crippen LogP contribution is 2.42. The number of benzene rings is 7. The van der Waals surface area contributed by atoms with E-state index in [4.69, 9.17) is 9.97 Å². The second kappa shape index (κ2) is 11.5. The molecule has 3 nitrogen and oxygen atoms in total. The van der Waals surface area contributed by atoms with Crippen LogP contribution in [0.1, 0.15) is 0 Å². The molecule has 10 aromatic rings. The average Bonchev–Trinajstić information content (AvgIpc) is 3.20. The van der Waals surface area contributed by atoms with Gasteiger partial charge in [0.15, 0.2) is 0 Å². The van der Waals surface area contributed by atoms with Crippen LogP contribution in [0.25, 0.3) is 98.8 Å². The van der Waals surface area contributed by atoms with Crippen molar-refractivity contribution in [1.82, 2.24) is 15.0 Å². The third kappa shape index (κ3) is 4.63. The highest BCUT2D eigenvalue weighted by Gasteiger charge is 2.18. The second-order valence-corrected chi connectivity index (χ2v) is 12.8. The van der Waals surface area contributed by atoms with E-state index in [9.17, 15) is 0 Å². The second-order valence-electron chi connectivity index (χ2n) is 12.8. The van der Waals surface area contributed by atoms with Crippen molar-refractivity contribution in [2.45, 2.75) is 0 Å². The molecule has 0 saturated heterocycles. The number of hydrogen-bond donors (Lipinski definition) is 0. The van der Waals surface area contributed by atoms with Gasteiger partial charge in [0.2, 0.25) is 0 Å². The number of aromatic nitrogens is 3. The van der Waals surface area contributed by atoms with E-state index in [0.29, 0.717) is 0 Å². The predicted octanol–water partition coefficient (Wildman–Crippen LogP) is 12.3. The SMILES string of the molecule is c1cncc(-c2ccc(-c3cc(-c4cc5ccccc5c5ccccc45)nc4c3cc(-c3ccc5ccccc5c3)c3ccccc34)cn2)c1. The topological polar surface area (TPSA) is 38.7 Å². The molecule has 0 bridgehead atoms. The molecule has 0 aliphatic rings. The van der Waals surface area contributed by atoms with Gasteiger partial charge in [0.1, 0.15) is 0 Å². The molecule has 0 atom stereocenters. The van der Waals surface area contributed by atoms with Crippen LogP contribution in [0, 0.1) is 0 Å². The summed E-state index contributed by atoms with van der Waals surface area (Å²) in [7, 11) is 0. The summed E-state index contributed by atoms with van der Waals surface area (Å²) in [5, 5.41) is 10.7. The van der Waals surface area contributed by atoms with E-state index in [1.807, 2.05) is 24.5 Å². The van der Waals surface area contributed by atoms with Gasteiger partial charge in [-0.25, -0.2) is 4.98 Å². The summed E-state index contributed by atoms with van der Waals surface area (Å²) in [5.41, 5.74) is 9.42. The van der Waals surface area contributed by atoms with E-state index in [1.54, 1.807) is 6.20 Å². The molecule has 0 aliphatic heterocycles. The highest BCUT2D eigenvalue weighted by atomic mass is 14.7. The van der Waals surface area contributed by atoms with Crippen molar-refractivity contribution in [3.8, 4) is 44.8 Å². The van der Waals surface area contributed by atoms with Crippen molar-refractivity contribution in [2.24, 2.45) is 0 Å². The first-order valence-corrected chi connectivity index (χ1v) is 16.9. The maximum Gasteiger partial charge on any atom is 0.0794 e. The Hall–Kier alpha value is -6.71. The lowest BCUT2D eigenvalue weighted by Crippen LogP contribution is -1.95. The molecule has 0 saturated carbocycles. The van der Waals surface area contributed by atoms with Gasteiger partial charge < -0.3 is 0 Å². The molecule has 10 rings (SSSR count). The molecule has 50 heavy (non-hydrogen) atoms. The van der Waals surface area contributed by atoms with Crippen LogP contribution < -0.4 is 0 Å². The zero-order valence-electron chi connectivity index (χ0n) is 27.1. The van der Waals surface area contributed by atoms with Crippen LogP contribution in [0.5, 0.6) is 0 Å². The first-order chi connectivity index (χ1) is 24.8. The fourth-order valence-corrected chi connectivity index (χ4v) is 7.53. The Kier molecular flexibility index (Phi) is 6.49. The van der Waals surface area contributed by atoms with Gasteiger partial charge in [0.25, 0.3) is 0 Å². The summed E-state index contributed by atoms with van der Waals surface area (Å²) in [4.78, 5) is 14.8. The molecular formula is C47H29N3. The van der Waals surface area contributed by atoms with E-state index in [2.05, 4.69) is 151 Å². The molecule has 232 valence electrons. The molecule has 3 aromatic heterocycles. The summed E-state index contributed by atoms with van der Waals surface area (Å²) < 4.78 is 0. The Morgan fingerprint density at radius 3 is 1.80 bits per heavy atom. The average molecular weight is 636 g/mol. The van der Waals surface area contributed by atoms with Gasteiger partial charge >= 0.3 is 0 Å². The van der Waals surface area contributed by atoms with Gasteiger partial charge in [-0.3, -0.25) is 9.97 Å². The molecular weight excluding hydrogens is 607 g/mol. The lowest BCUT2D eigenvalue weighted by molar-refractivity contribution is 1.28. The molecule has 0 amide bonds. The van der Waals surface area contributed by atoms with Crippen LogP contribution in [0.15, 0.2) is 176 Å². The molecule has 0 radical (unpaired) electrons. The number of fused-ring (bicyclic) bond motifs is 7. The summed E-state index contributed by atoms with van der Waals surface area (Å²) in [6, 6.07) is 56.4. The van der Waals surface area contributed by atoms with Crippen molar-refractivity contribution in [1.29, 1.82) is 0 Å².